The average Bonchev–Trinajstić information content (AvgIpc) is 2.88. The van der Waals surface area contributed by atoms with Gasteiger partial charge in [0.05, 0.1) is 23.6 Å². The van der Waals surface area contributed by atoms with Crippen LogP contribution >= 0.6 is 15.9 Å². The second-order valence-electron chi connectivity index (χ2n) is 9.94. The Morgan fingerprint density at radius 1 is 1.15 bits per heavy atom. The van der Waals surface area contributed by atoms with E-state index in [1.54, 1.807) is 0 Å². The van der Waals surface area contributed by atoms with Gasteiger partial charge in [0.1, 0.15) is 6.10 Å². The molecule has 5 unspecified atom stereocenters. The van der Waals surface area contributed by atoms with E-state index in [9.17, 15) is 20.1 Å². The van der Waals surface area contributed by atoms with E-state index in [2.05, 4.69) is 22.9 Å². The molecule has 0 amide bonds. The number of halogens is 1. The lowest BCUT2D eigenvalue weighted by Crippen LogP contribution is -2.60. The van der Waals surface area contributed by atoms with Gasteiger partial charge in [-0.05, 0) is 74.0 Å². The Labute approximate surface area is 170 Å². The van der Waals surface area contributed by atoms with Gasteiger partial charge in [0.25, 0.3) is 0 Å². The largest absolute Gasteiger partial charge is 0.461 e. The zero-order chi connectivity index (χ0) is 19.6. The molecule has 0 aliphatic heterocycles. The van der Waals surface area contributed by atoms with Gasteiger partial charge in [-0.2, -0.15) is 0 Å². The Bertz CT molecular complexity index is 599. The van der Waals surface area contributed by atoms with Crippen molar-refractivity contribution in [3.8, 4) is 0 Å². The zero-order valence-electron chi connectivity index (χ0n) is 16.3. The van der Waals surface area contributed by atoms with Crippen LogP contribution in [0.1, 0.15) is 58.8 Å². The maximum atomic E-state index is 11.7. The molecule has 0 aromatic carbocycles. The minimum atomic E-state index is -0.459. The van der Waals surface area contributed by atoms with Crippen molar-refractivity contribution in [2.24, 2.45) is 34.5 Å². The van der Waals surface area contributed by atoms with E-state index < -0.39 is 11.5 Å². The lowest BCUT2D eigenvalue weighted by molar-refractivity contribution is -0.194. The van der Waals surface area contributed by atoms with E-state index in [4.69, 9.17) is 4.74 Å². The number of esters is 1. The molecule has 154 valence electrons. The van der Waals surface area contributed by atoms with Crippen LogP contribution in [0.15, 0.2) is 0 Å². The van der Waals surface area contributed by atoms with Crippen molar-refractivity contribution < 1.29 is 24.9 Å². The van der Waals surface area contributed by atoms with Gasteiger partial charge in [-0.3, -0.25) is 4.79 Å². The molecule has 4 rings (SSSR count). The molecule has 4 aliphatic carbocycles. The standard InChI is InChI=1S/C21H33BrO5/c1-11(24)27-19-16(22)9-15-18-14(4-6-21(15,19)10-23)20(2)5-3-13(25)7-12(20)8-17(18)26/h12-19,23,25-26H,3-10H2,1-2H3/t12?,13-,14?,15?,16+,17?,18?,19-,20-,21+/m0/s1. The molecule has 0 radical (unpaired) electrons. The van der Waals surface area contributed by atoms with Gasteiger partial charge in [-0.15, -0.1) is 0 Å². The lowest BCUT2D eigenvalue weighted by atomic mass is 9.44. The molecule has 0 spiro atoms. The number of rotatable bonds is 2. The molecule has 0 saturated heterocycles. The predicted molar refractivity (Wildman–Crippen MR) is 104 cm³/mol. The summed E-state index contributed by atoms with van der Waals surface area (Å²) in [6.45, 7) is 3.79. The molecular weight excluding hydrogens is 412 g/mol. The van der Waals surface area contributed by atoms with E-state index in [1.165, 1.54) is 6.92 Å². The summed E-state index contributed by atoms with van der Waals surface area (Å²) >= 11 is 3.72. The van der Waals surface area contributed by atoms with Crippen LogP contribution in [0.5, 0.6) is 0 Å². The van der Waals surface area contributed by atoms with Gasteiger partial charge in [0, 0.05) is 12.3 Å². The van der Waals surface area contributed by atoms with Crippen LogP contribution in [-0.2, 0) is 9.53 Å². The normalized spacial score (nSPS) is 54.6. The van der Waals surface area contributed by atoms with Gasteiger partial charge in [0.15, 0.2) is 0 Å². The second-order valence-corrected chi connectivity index (χ2v) is 11.1. The molecule has 5 nitrogen and oxygen atoms in total. The van der Waals surface area contributed by atoms with E-state index in [1.807, 2.05) is 0 Å². The molecule has 3 N–H and O–H groups in total. The Morgan fingerprint density at radius 2 is 1.89 bits per heavy atom. The number of alkyl halides is 1. The van der Waals surface area contributed by atoms with E-state index in [0.29, 0.717) is 11.8 Å². The second kappa shape index (κ2) is 6.96. The quantitative estimate of drug-likeness (QED) is 0.450. The molecule has 4 saturated carbocycles. The molecule has 27 heavy (non-hydrogen) atoms. The van der Waals surface area contributed by atoms with Crippen LogP contribution in [0.25, 0.3) is 0 Å². The summed E-state index contributed by atoms with van der Waals surface area (Å²) in [5.41, 5.74) is -0.314. The monoisotopic (exact) mass is 444 g/mol. The summed E-state index contributed by atoms with van der Waals surface area (Å²) in [5, 5.41) is 31.8. The van der Waals surface area contributed by atoms with Crippen molar-refractivity contribution >= 4 is 21.9 Å². The molecule has 0 bridgehead atoms. The van der Waals surface area contributed by atoms with Crippen LogP contribution in [0.3, 0.4) is 0 Å². The van der Waals surface area contributed by atoms with E-state index >= 15 is 0 Å². The number of hydrogen-bond acceptors (Lipinski definition) is 5. The van der Waals surface area contributed by atoms with Crippen LogP contribution in [0.4, 0.5) is 0 Å². The molecule has 0 aromatic heterocycles. The highest BCUT2D eigenvalue weighted by Gasteiger charge is 2.66. The zero-order valence-corrected chi connectivity index (χ0v) is 17.9. The Hall–Kier alpha value is -0.170. The first kappa shape index (κ1) is 20.1. The van der Waals surface area contributed by atoms with Crippen molar-refractivity contribution in [1.82, 2.24) is 0 Å². The third-order valence-corrected chi connectivity index (χ3v) is 9.73. The minimum Gasteiger partial charge on any atom is -0.461 e. The fraction of sp³-hybridized carbons (Fsp3) is 0.952. The first-order valence-corrected chi connectivity index (χ1v) is 11.4. The molecule has 0 aromatic rings. The van der Waals surface area contributed by atoms with Crippen molar-refractivity contribution in [2.45, 2.75) is 81.9 Å². The topological polar surface area (TPSA) is 87.0 Å². The van der Waals surface area contributed by atoms with E-state index in [-0.39, 0.29) is 46.9 Å². The van der Waals surface area contributed by atoms with Gasteiger partial charge < -0.3 is 20.1 Å². The average molecular weight is 445 g/mol. The number of aliphatic hydroxyl groups is 3. The van der Waals surface area contributed by atoms with Crippen LogP contribution in [-0.4, -0.2) is 51.0 Å². The maximum absolute atomic E-state index is 11.7. The number of aliphatic hydroxyl groups excluding tert-OH is 3. The summed E-state index contributed by atoms with van der Waals surface area (Å²) in [5.74, 6) is 0.735. The highest BCUT2D eigenvalue weighted by Crippen LogP contribution is 2.67. The number of carbonyl (C=O) groups is 1. The van der Waals surface area contributed by atoms with Gasteiger partial charge >= 0.3 is 5.97 Å². The fourth-order valence-corrected chi connectivity index (χ4v) is 8.64. The predicted octanol–water partition coefficient (Wildman–Crippen LogP) is 2.64. The number of ether oxygens (including phenoxy) is 1. The molecule has 6 heteroatoms. The van der Waals surface area contributed by atoms with Crippen molar-refractivity contribution in [1.29, 1.82) is 0 Å². The molecule has 4 fully saturated rings. The Balaban J connectivity index is 1.68. The van der Waals surface area contributed by atoms with Crippen LogP contribution < -0.4 is 0 Å². The van der Waals surface area contributed by atoms with Gasteiger partial charge in [-0.25, -0.2) is 0 Å². The summed E-state index contributed by atoms with van der Waals surface area (Å²) in [6.07, 6.45) is 4.99. The van der Waals surface area contributed by atoms with Gasteiger partial charge in [0.2, 0.25) is 0 Å². The summed E-state index contributed by atoms with van der Waals surface area (Å²) in [7, 11) is 0. The third-order valence-electron chi connectivity index (χ3n) is 8.87. The Kier molecular flexibility index (Phi) is 5.19. The summed E-state index contributed by atoms with van der Waals surface area (Å²) in [4.78, 5) is 11.7. The lowest BCUT2D eigenvalue weighted by Gasteiger charge is -2.62. The minimum absolute atomic E-state index is 0.00743. The van der Waals surface area contributed by atoms with Crippen molar-refractivity contribution in [3.63, 3.8) is 0 Å². The van der Waals surface area contributed by atoms with Crippen molar-refractivity contribution in [3.05, 3.63) is 0 Å². The maximum Gasteiger partial charge on any atom is 0.302 e. The number of hydrogen-bond donors (Lipinski definition) is 3. The summed E-state index contributed by atoms with van der Waals surface area (Å²) < 4.78 is 5.69. The first-order valence-electron chi connectivity index (χ1n) is 10.5. The highest BCUT2D eigenvalue weighted by molar-refractivity contribution is 9.09. The van der Waals surface area contributed by atoms with E-state index in [0.717, 1.165) is 44.9 Å². The highest BCUT2D eigenvalue weighted by atomic mass is 79.9. The molecular formula is C21H33BrO5. The van der Waals surface area contributed by atoms with Crippen LogP contribution in [0, 0.1) is 34.5 Å². The fourth-order valence-electron chi connectivity index (χ4n) is 7.60. The Morgan fingerprint density at radius 3 is 2.56 bits per heavy atom. The number of fused-ring (bicyclic) bond motifs is 5. The third kappa shape index (κ3) is 2.92. The summed E-state index contributed by atoms with van der Waals surface area (Å²) in [6, 6.07) is 0. The SMILES string of the molecule is CC(=O)O[C@H]1[C@H](Br)CC2C3C(O)CC4C[C@@H](O)CC[C@]4(C)C3CC[C@@]21CO. The number of carbonyl (C=O) groups excluding carboxylic acids is 1. The molecule has 4 aliphatic rings. The first-order chi connectivity index (χ1) is 12.7. The van der Waals surface area contributed by atoms with Crippen molar-refractivity contribution in [2.75, 3.05) is 6.61 Å². The molecule has 10 atom stereocenters. The van der Waals surface area contributed by atoms with Crippen LogP contribution in [0.2, 0.25) is 0 Å². The molecule has 0 heterocycles. The van der Waals surface area contributed by atoms with Gasteiger partial charge in [-0.1, -0.05) is 22.9 Å². The smallest absolute Gasteiger partial charge is 0.302 e.